The van der Waals surface area contributed by atoms with Gasteiger partial charge in [-0.1, -0.05) is 13.0 Å². The number of hydrogen-bond acceptors (Lipinski definition) is 9. The number of fused-ring (bicyclic) bond motifs is 1. The lowest BCUT2D eigenvalue weighted by molar-refractivity contribution is -0.137. The zero-order chi connectivity index (χ0) is 34.9. The summed E-state index contributed by atoms with van der Waals surface area (Å²) in [5.74, 6) is -0.691. The highest BCUT2D eigenvalue weighted by Gasteiger charge is 2.32. The molecule has 0 spiro atoms. The summed E-state index contributed by atoms with van der Waals surface area (Å²) in [6.45, 7) is 2.56. The van der Waals surface area contributed by atoms with Crippen LogP contribution in [0.5, 0.6) is 5.75 Å². The van der Waals surface area contributed by atoms with Gasteiger partial charge in [-0.2, -0.15) is 22.7 Å². The molecular weight excluding hydrogens is 645 g/mol. The van der Waals surface area contributed by atoms with Crippen molar-refractivity contribution in [3.8, 4) is 5.75 Å². The number of amides is 2. The number of carbonyl (C=O) groups excluding carboxylic acids is 2. The molecule has 1 aliphatic carbocycles. The zero-order valence-electron chi connectivity index (χ0n) is 26.9. The predicted molar refractivity (Wildman–Crippen MR) is 173 cm³/mol. The topological polar surface area (TPSA) is 147 Å². The fraction of sp³-hybridized carbons (Fsp3) is 0.394. The number of aromatic hydroxyl groups is 1. The molecule has 0 radical (unpaired) electrons. The van der Waals surface area contributed by atoms with Gasteiger partial charge in [-0.05, 0) is 67.7 Å². The first-order valence-electron chi connectivity index (χ1n) is 15.9. The lowest BCUT2D eigenvalue weighted by Gasteiger charge is -2.36. The van der Waals surface area contributed by atoms with E-state index in [1.165, 1.54) is 35.0 Å². The Balaban J connectivity index is 1.34. The molecule has 1 aromatic carbocycles. The van der Waals surface area contributed by atoms with Gasteiger partial charge in [0.25, 0.3) is 11.5 Å². The predicted octanol–water partition coefficient (Wildman–Crippen LogP) is 3.76. The Kier molecular flexibility index (Phi) is 9.41. The maximum atomic E-state index is 14.2. The number of alkyl halides is 3. The van der Waals surface area contributed by atoms with Gasteiger partial charge in [0.15, 0.2) is 11.5 Å². The summed E-state index contributed by atoms with van der Waals surface area (Å²) in [5, 5.41) is 17.4. The van der Waals surface area contributed by atoms with Crippen LogP contribution >= 0.6 is 0 Å². The van der Waals surface area contributed by atoms with Crippen molar-refractivity contribution in [2.75, 3.05) is 43.5 Å². The number of halogens is 3. The molecule has 258 valence electrons. The molecule has 1 unspecified atom stereocenters. The Morgan fingerprint density at radius 3 is 2.45 bits per heavy atom. The monoisotopic (exact) mass is 680 g/mol. The van der Waals surface area contributed by atoms with Crippen LogP contribution in [0.25, 0.3) is 11.4 Å². The van der Waals surface area contributed by atoms with E-state index in [2.05, 4.69) is 15.4 Å². The van der Waals surface area contributed by atoms with Crippen molar-refractivity contribution in [3.05, 3.63) is 81.8 Å². The number of ether oxygens (including phenoxy) is 1. The number of anilines is 2. The Morgan fingerprint density at radius 1 is 1.10 bits per heavy atom. The van der Waals surface area contributed by atoms with E-state index in [0.29, 0.717) is 36.5 Å². The molecule has 49 heavy (non-hydrogen) atoms. The SMILES string of the molecule is CCc1c(N2CCN(C(=O)c3ncccc3O)CC2)c(=O)n2nc(C3=CCC(OC)CC3)nc2n1CC(=O)Nc1ccc(C(F)(F)F)cc1. The van der Waals surface area contributed by atoms with Gasteiger partial charge < -0.3 is 29.5 Å². The average molecular weight is 681 g/mol. The number of aromatic nitrogens is 5. The van der Waals surface area contributed by atoms with E-state index in [0.717, 1.165) is 24.1 Å². The number of methoxy groups -OCH3 is 1. The first kappa shape index (κ1) is 33.6. The Labute approximate surface area is 278 Å². The van der Waals surface area contributed by atoms with Crippen molar-refractivity contribution in [2.45, 2.75) is 51.4 Å². The highest BCUT2D eigenvalue weighted by molar-refractivity contribution is 5.95. The fourth-order valence-corrected chi connectivity index (χ4v) is 6.22. The second-order valence-electron chi connectivity index (χ2n) is 11.8. The van der Waals surface area contributed by atoms with Crippen molar-refractivity contribution in [1.29, 1.82) is 0 Å². The molecule has 3 aromatic heterocycles. The minimum atomic E-state index is -4.51. The molecule has 6 rings (SSSR count). The molecule has 1 fully saturated rings. The first-order valence-corrected chi connectivity index (χ1v) is 15.9. The number of hydrogen-bond donors (Lipinski definition) is 2. The van der Waals surface area contributed by atoms with Gasteiger partial charge in [-0.3, -0.25) is 14.4 Å². The molecule has 2 aliphatic rings. The Bertz CT molecular complexity index is 1960. The summed E-state index contributed by atoms with van der Waals surface area (Å²) in [7, 11) is 1.65. The van der Waals surface area contributed by atoms with Crippen LogP contribution in [0.15, 0.2) is 53.5 Å². The van der Waals surface area contributed by atoms with Crippen LogP contribution in [0.1, 0.15) is 53.8 Å². The minimum Gasteiger partial charge on any atom is -0.505 e. The van der Waals surface area contributed by atoms with E-state index in [-0.39, 0.29) is 61.7 Å². The summed E-state index contributed by atoms with van der Waals surface area (Å²) in [6.07, 6.45) is 1.33. The van der Waals surface area contributed by atoms with Crippen molar-refractivity contribution in [1.82, 2.24) is 29.0 Å². The molecule has 1 atom stereocenters. The van der Waals surface area contributed by atoms with Gasteiger partial charge in [0, 0.05) is 45.2 Å². The molecule has 16 heteroatoms. The molecule has 1 aliphatic heterocycles. The summed E-state index contributed by atoms with van der Waals surface area (Å²) in [5.41, 5.74) is 0.512. The minimum absolute atomic E-state index is 0.0583. The number of benzene rings is 1. The average Bonchev–Trinajstić information content (AvgIpc) is 3.55. The van der Waals surface area contributed by atoms with Gasteiger partial charge in [0.2, 0.25) is 11.7 Å². The van der Waals surface area contributed by atoms with Crippen LogP contribution < -0.4 is 15.8 Å². The van der Waals surface area contributed by atoms with Crippen LogP contribution in [-0.2, 0) is 28.7 Å². The molecule has 2 N–H and O–H groups in total. The smallest absolute Gasteiger partial charge is 0.416 e. The summed E-state index contributed by atoms with van der Waals surface area (Å²) in [4.78, 5) is 52.8. The van der Waals surface area contributed by atoms with E-state index in [1.54, 1.807) is 16.6 Å². The number of rotatable bonds is 8. The lowest BCUT2D eigenvalue weighted by Crippen LogP contribution is -2.51. The van der Waals surface area contributed by atoms with Crippen LogP contribution in [-0.4, -0.2) is 85.4 Å². The highest BCUT2D eigenvalue weighted by Crippen LogP contribution is 2.31. The molecule has 0 saturated carbocycles. The number of piperazine rings is 1. The molecule has 2 amide bonds. The van der Waals surface area contributed by atoms with Gasteiger partial charge in [-0.25, -0.2) is 4.98 Å². The van der Waals surface area contributed by atoms with Gasteiger partial charge in [-0.15, -0.1) is 5.10 Å². The lowest BCUT2D eigenvalue weighted by atomic mass is 9.97. The third-order valence-corrected chi connectivity index (χ3v) is 8.81. The highest BCUT2D eigenvalue weighted by atomic mass is 19.4. The van der Waals surface area contributed by atoms with E-state index in [9.17, 15) is 32.7 Å². The van der Waals surface area contributed by atoms with Crippen molar-refractivity contribution < 1.29 is 32.6 Å². The second kappa shape index (κ2) is 13.7. The van der Waals surface area contributed by atoms with Gasteiger partial charge >= 0.3 is 6.18 Å². The van der Waals surface area contributed by atoms with Gasteiger partial charge in [0.05, 0.1) is 17.4 Å². The standard InChI is InChI=1S/C33H35F3N8O5/c1-3-24-28(41-15-17-42(18-16-41)30(47)27-25(45)5-4-14-37-27)31(48)44-32(39-29(40-44)20-6-12-23(49-2)13-7-20)43(24)19-26(46)38-22-10-8-21(9-11-22)33(34,35)36/h4-6,8-11,14,23,45H,3,7,12-13,15-19H2,1-2H3,(H,38,46). The number of pyridine rings is 1. The van der Waals surface area contributed by atoms with E-state index < -0.39 is 29.1 Å². The largest absolute Gasteiger partial charge is 0.505 e. The Hall–Kier alpha value is -5.25. The van der Waals surface area contributed by atoms with Crippen molar-refractivity contribution in [3.63, 3.8) is 0 Å². The molecular formula is C33H35F3N8O5. The van der Waals surface area contributed by atoms with Crippen molar-refractivity contribution >= 4 is 34.5 Å². The quantitative estimate of drug-likeness (QED) is 0.284. The van der Waals surface area contributed by atoms with Crippen molar-refractivity contribution in [2.24, 2.45) is 0 Å². The van der Waals surface area contributed by atoms with Crippen LogP contribution in [0.4, 0.5) is 24.5 Å². The molecule has 4 aromatic rings. The normalized spacial score (nSPS) is 16.9. The third-order valence-electron chi connectivity index (χ3n) is 8.81. The summed E-state index contributed by atoms with van der Waals surface area (Å²) < 4.78 is 47.5. The van der Waals surface area contributed by atoms with E-state index in [1.807, 2.05) is 17.9 Å². The van der Waals surface area contributed by atoms with Crippen LogP contribution in [0.3, 0.4) is 0 Å². The molecule has 1 saturated heterocycles. The third kappa shape index (κ3) is 6.86. The van der Waals surface area contributed by atoms with Gasteiger partial charge in [0.1, 0.15) is 18.0 Å². The summed E-state index contributed by atoms with van der Waals surface area (Å²) >= 11 is 0. The van der Waals surface area contributed by atoms with Crippen LogP contribution in [0.2, 0.25) is 0 Å². The zero-order valence-corrected chi connectivity index (χ0v) is 26.9. The fourth-order valence-electron chi connectivity index (χ4n) is 6.22. The number of nitrogens with zero attached hydrogens (tertiary/aromatic N) is 7. The van der Waals surface area contributed by atoms with E-state index in [4.69, 9.17) is 9.72 Å². The number of carbonyl (C=O) groups is 2. The Morgan fingerprint density at radius 2 is 1.84 bits per heavy atom. The summed E-state index contributed by atoms with van der Waals surface area (Å²) in [6, 6.07) is 7.05. The number of nitrogens with one attached hydrogen (secondary N) is 1. The number of allylic oxidation sites excluding steroid dienone is 1. The molecule has 0 bridgehead atoms. The maximum absolute atomic E-state index is 14.2. The first-order chi connectivity index (χ1) is 23.5. The molecule has 13 nitrogen and oxygen atoms in total. The second-order valence-corrected chi connectivity index (χ2v) is 11.8. The maximum Gasteiger partial charge on any atom is 0.416 e. The van der Waals surface area contributed by atoms with Crippen LogP contribution in [0, 0.1) is 0 Å². The van der Waals surface area contributed by atoms with E-state index >= 15 is 0 Å². The molecule has 4 heterocycles.